The number of methoxy groups -OCH3 is 2. The molecule has 0 aliphatic heterocycles. The molecule has 6 heteroatoms. The summed E-state index contributed by atoms with van der Waals surface area (Å²) in [5.74, 6) is 0. The molecule has 0 aliphatic carbocycles. The zero-order chi connectivity index (χ0) is 15.3. The molecular weight excluding hydrogens is 338 g/mol. The summed E-state index contributed by atoms with van der Waals surface area (Å²) in [5.41, 5.74) is 2.18. The molecule has 1 N–H and O–H groups in total. The Bertz CT molecular complexity index is 390. The van der Waals surface area contributed by atoms with Crippen molar-refractivity contribution in [1.29, 1.82) is 0 Å². The lowest BCUT2D eigenvalue weighted by Crippen LogP contribution is -2.14. The van der Waals surface area contributed by atoms with Gasteiger partial charge in [-0.2, -0.15) is 0 Å². The van der Waals surface area contributed by atoms with E-state index < -0.39 is 0 Å². The minimum Gasteiger partial charge on any atom is -0.382 e. The maximum absolute atomic E-state index is 5.49. The first-order valence-electron chi connectivity index (χ1n) is 6.94. The van der Waals surface area contributed by atoms with Gasteiger partial charge in [0.1, 0.15) is 0 Å². The van der Waals surface area contributed by atoms with Crippen molar-refractivity contribution in [3.8, 4) is 0 Å². The Hall–Kier alpha value is -0.660. The maximum Gasteiger partial charge on any atom is 0.0744 e. The molecule has 0 bridgehead atoms. The highest BCUT2D eigenvalue weighted by atomic mass is 79.9. The Balaban J connectivity index is 2.16. The van der Waals surface area contributed by atoms with E-state index in [0.717, 1.165) is 22.3 Å². The Morgan fingerprint density at radius 2 is 1.67 bits per heavy atom. The maximum atomic E-state index is 5.49. The second-order valence-electron chi connectivity index (χ2n) is 4.34. The Morgan fingerprint density at radius 3 is 2.38 bits per heavy atom. The van der Waals surface area contributed by atoms with Gasteiger partial charge in [0.05, 0.1) is 39.6 Å². The van der Waals surface area contributed by atoms with Crippen molar-refractivity contribution in [3.63, 3.8) is 0 Å². The second-order valence-corrected chi connectivity index (χ2v) is 5.20. The van der Waals surface area contributed by atoms with Crippen LogP contribution in [0, 0.1) is 0 Å². The molecular formula is C15H24BrNO4. The second kappa shape index (κ2) is 11.9. The molecule has 0 saturated heterocycles. The number of halogens is 1. The molecule has 0 fully saturated rings. The highest BCUT2D eigenvalue weighted by molar-refractivity contribution is 9.10. The lowest BCUT2D eigenvalue weighted by atomic mass is 10.2. The third kappa shape index (κ3) is 7.78. The smallest absolute Gasteiger partial charge is 0.0744 e. The molecule has 21 heavy (non-hydrogen) atoms. The number of hydrogen-bond donors (Lipinski definition) is 1. The van der Waals surface area contributed by atoms with Crippen molar-refractivity contribution in [2.24, 2.45) is 0 Å². The van der Waals surface area contributed by atoms with Gasteiger partial charge in [0.15, 0.2) is 0 Å². The Morgan fingerprint density at radius 1 is 0.952 bits per heavy atom. The van der Waals surface area contributed by atoms with E-state index in [9.17, 15) is 0 Å². The van der Waals surface area contributed by atoms with Gasteiger partial charge in [-0.15, -0.1) is 0 Å². The highest BCUT2D eigenvalue weighted by Crippen LogP contribution is 2.25. The van der Waals surface area contributed by atoms with Gasteiger partial charge in [-0.05, 0) is 12.1 Å². The lowest BCUT2D eigenvalue weighted by molar-refractivity contribution is 0.0272. The van der Waals surface area contributed by atoms with Gasteiger partial charge in [0, 0.05) is 36.5 Å². The molecule has 1 aromatic rings. The predicted molar refractivity (Wildman–Crippen MR) is 86.9 cm³/mol. The number of nitrogens with one attached hydrogen (secondary N) is 1. The molecule has 5 nitrogen and oxygen atoms in total. The number of rotatable bonds is 12. The van der Waals surface area contributed by atoms with Crippen molar-refractivity contribution in [2.75, 3.05) is 59.1 Å². The van der Waals surface area contributed by atoms with Crippen LogP contribution in [-0.4, -0.2) is 53.8 Å². The molecule has 1 rings (SSSR count). The van der Waals surface area contributed by atoms with Crippen molar-refractivity contribution in [3.05, 3.63) is 28.2 Å². The monoisotopic (exact) mass is 361 g/mol. The van der Waals surface area contributed by atoms with Crippen LogP contribution in [0.3, 0.4) is 0 Å². The van der Waals surface area contributed by atoms with Crippen molar-refractivity contribution in [1.82, 2.24) is 0 Å². The Labute approximate surface area is 135 Å². The molecule has 0 radical (unpaired) electrons. The van der Waals surface area contributed by atoms with Crippen LogP contribution in [0.4, 0.5) is 5.69 Å². The summed E-state index contributed by atoms with van der Waals surface area (Å²) in [5, 5.41) is 3.35. The first-order chi connectivity index (χ1) is 10.3. The summed E-state index contributed by atoms with van der Waals surface area (Å²) in [6.45, 7) is 4.35. The number of ether oxygens (including phenoxy) is 4. The van der Waals surface area contributed by atoms with E-state index in [1.807, 2.05) is 18.2 Å². The summed E-state index contributed by atoms with van der Waals surface area (Å²) in [6.07, 6.45) is 0. The van der Waals surface area contributed by atoms with Gasteiger partial charge in [-0.25, -0.2) is 0 Å². The van der Waals surface area contributed by atoms with Gasteiger partial charge in [0.25, 0.3) is 0 Å². The zero-order valence-corrected chi connectivity index (χ0v) is 14.3. The van der Waals surface area contributed by atoms with Crippen LogP contribution >= 0.6 is 15.9 Å². The van der Waals surface area contributed by atoms with E-state index in [4.69, 9.17) is 18.9 Å². The summed E-state index contributed by atoms with van der Waals surface area (Å²) in [4.78, 5) is 0. The molecule has 1 aromatic carbocycles. The molecule has 0 spiro atoms. The standard InChI is InChI=1S/C15H24BrNO4/c1-18-8-9-21-11-10-20-7-6-17-15-5-3-4-14(16)13(15)12-19-2/h3-5,17H,6-12H2,1-2H3. The number of benzene rings is 1. The molecule has 0 unspecified atom stereocenters. The lowest BCUT2D eigenvalue weighted by Gasteiger charge is -2.13. The molecule has 0 heterocycles. The van der Waals surface area contributed by atoms with Crippen molar-refractivity contribution >= 4 is 21.6 Å². The van der Waals surface area contributed by atoms with Gasteiger partial charge in [-0.3, -0.25) is 0 Å². The van der Waals surface area contributed by atoms with Gasteiger partial charge in [-0.1, -0.05) is 22.0 Å². The quantitative estimate of drug-likeness (QED) is 0.580. The van der Waals surface area contributed by atoms with Crippen LogP contribution in [0.5, 0.6) is 0 Å². The Kier molecular flexibility index (Phi) is 10.5. The number of hydrogen-bond acceptors (Lipinski definition) is 5. The van der Waals surface area contributed by atoms with E-state index >= 15 is 0 Å². The van der Waals surface area contributed by atoms with Gasteiger partial charge < -0.3 is 24.3 Å². The molecule has 0 amide bonds. The van der Waals surface area contributed by atoms with Crippen molar-refractivity contribution in [2.45, 2.75) is 6.61 Å². The average molecular weight is 362 g/mol. The molecule has 0 aliphatic rings. The summed E-state index contributed by atoms with van der Waals surface area (Å²) < 4.78 is 21.9. The molecule has 0 saturated carbocycles. The van der Waals surface area contributed by atoms with Gasteiger partial charge in [0.2, 0.25) is 0 Å². The first kappa shape index (κ1) is 18.4. The summed E-state index contributed by atoms with van der Waals surface area (Å²) in [6, 6.07) is 6.04. The van der Waals surface area contributed by atoms with E-state index in [0.29, 0.717) is 39.6 Å². The fraction of sp³-hybridized carbons (Fsp3) is 0.600. The van der Waals surface area contributed by atoms with Crippen LogP contribution < -0.4 is 5.32 Å². The minimum atomic E-state index is 0.567. The largest absolute Gasteiger partial charge is 0.382 e. The SMILES string of the molecule is COCCOCCOCCNc1cccc(Br)c1COC. The van der Waals surface area contributed by atoms with Crippen LogP contribution in [0.2, 0.25) is 0 Å². The van der Waals surface area contributed by atoms with Crippen LogP contribution in [-0.2, 0) is 25.6 Å². The fourth-order valence-corrected chi connectivity index (χ4v) is 2.22. The first-order valence-corrected chi connectivity index (χ1v) is 7.73. The molecule has 120 valence electrons. The normalized spacial score (nSPS) is 10.8. The molecule has 0 aromatic heterocycles. The highest BCUT2D eigenvalue weighted by Gasteiger charge is 2.05. The fourth-order valence-electron chi connectivity index (χ4n) is 1.74. The van der Waals surface area contributed by atoms with Crippen LogP contribution in [0.25, 0.3) is 0 Å². The van der Waals surface area contributed by atoms with E-state index in [-0.39, 0.29) is 0 Å². The number of anilines is 1. The summed E-state index contributed by atoms with van der Waals surface area (Å²) in [7, 11) is 3.35. The van der Waals surface area contributed by atoms with Gasteiger partial charge >= 0.3 is 0 Å². The zero-order valence-electron chi connectivity index (χ0n) is 12.7. The molecule has 0 atom stereocenters. The van der Waals surface area contributed by atoms with E-state index in [1.165, 1.54) is 0 Å². The van der Waals surface area contributed by atoms with Crippen LogP contribution in [0.15, 0.2) is 22.7 Å². The minimum absolute atomic E-state index is 0.567. The van der Waals surface area contributed by atoms with Crippen LogP contribution in [0.1, 0.15) is 5.56 Å². The average Bonchev–Trinajstić information content (AvgIpc) is 2.49. The summed E-state index contributed by atoms with van der Waals surface area (Å²) >= 11 is 3.53. The predicted octanol–water partition coefficient (Wildman–Crippen LogP) is 2.69. The van der Waals surface area contributed by atoms with Crippen molar-refractivity contribution < 1.29 is 18.9 Å². The third-order valence-electron chi connectivity index (χ3n) is 2.77. The van der Waals surface area contributed by atoms with E-state index in [1.54, 1.807) is 14.2 Å². The van der Waals surface area contributed by atoms with E-state index in [2.05, 4.69) is 21.2 Å². The topological polar surface area (TPSA) is 49.0 Å². The third-order valence-corrected chi connectivity index (χ3v) is 3.52.